The molecule has 1 N–H and O–H groups in total. The minimum absolute atomic E-state index is 0.340. The molecule has 0 spiro atoms. The molecule has 2 nitrogen and oxygen atoms in total. The predicted molar refractivity (Wildman–Crippen MR) is 108 cm³/mol. The number of unbranched alkanes of at least 4 members (excludes halogenated alkanes) is 11. The van der Waals surface area contributed by atoms with Gasteiger partial charge in [-0.25, -0.2) is 0 Å². The summed E-state index contributed by atoms with van der Waals surface area (Å²) in [5.41, 5.74) is 1.27. The molecule has 0 saturated carbocycles. The highest BCUT2D eigenvalue weighted by Crippen LogP contribution is 2.13. The first-order chi connectivity index (χ1) is 12.3. The number of phenolic OH excluding ortho intramolecular Hbond substituents is 1. The van der Waals surface area contributed by atoms with Crippen LogP contribution in [0.4, 0.5) is 0 Å². The van der Waals surface area contributed by atoms with Gasteiger partial charge in [-0.15, -0.1) is 0 Å². The lowest BCUT2D eigenvalue weighted by molar-refractivity contribution is 0.127. The van der Waals surface area contributed by atoms with Gasteiger partial charge in [0.25, 0.3) is 0 Å². The topological polar surface area (TPSA) is 29.5 Å². The second kappa shape index (κ2) is 16.4. The molecule has 0 radical (unpaired) electrons. The SMILES string of the molecule is CCCCCCCCCCCCCCOCCCc1ccc(O)cc1. The maximum absolute atomic E-state index is 9.24. The fourth-order valence-corrected chi connectivity index (χ4v) is 3.19. The Balaban J connectivity index is 1.74. The lowest BCUT2D eigenvalue weighted by atomic mass is 10.1. The average molecular weight is 349 g/mol. The molecule has 0 aliphatic carbocycles. The molecule has 1 rings (SSSR count). The maximum atomic E-state index is 9.24. The lowest BCUT2D eigenvalue weighted by Crippen LogP contribution is -1.99. The van der Waals surface area contributed by atoms with Gasteiger partial charge in [0.05, 0.1) is 0 Å². The lowest BCUT2D eigenvalue weighted by Gasteiger charge is -2.05. The van der Waals surface area contributed by atoms with Crippen LogP contribution in [0.3, 0.4) is 0 Å². The molecule has 0 atom stereocenters. The van der Waals surface area contributed by atoms with Gasteiger partial charge in [0, 0.05) is 13.2 Å². The average Bonchev–Trinajstić information content (AvgIpc) is 2.63. The zero-order chi connectivity index (χ0) is 18.0. The Bertz CT molecular complexity index is 386. The number of rotatable bonds is 17. The summed E-state index contributed by atoms with van der Waals surface area (Å²) in [7, 11) is 0. The number of phenols is 1. The quantitative estimate of drug-likeness (QED) is 0.306. The highest BCUT2D eigenvalue weighted by molar-refractivity contribution is 5.25. The van der Waals surface area contributed by atoms with E-state index >= 15 is 0 Å². The van der Waals surface area contributed by atoms with Crippen molar-refractivity contribution in [1.29, 1.82) is 0 Å². The van der Waals surface area contributed by atoms with E-state index in [2.05, 4.69) is 6.92 Å². The summed E-state index contributed by atoms with van der Waals surface area (Å²) in [6, 6.07) is 7.48. The third-order valence-corrected chi connectivity index (χ3v) is 4.83. The predicted octanol–water partition coefficient (Wildman–Crippen LogP) is 7.04. The van der Waals surface area contributed by atoms with E-state index in [9.17, 15) is 5.11 Å². The first kappa shape index (κ1) is 22.0. The van der Waals surface area contributed by atoms with Crippen molar-refractivity contribution in [3.63, 3.8) is 0 Å². The van der Waals surface area contributed by atoms with Crippen LogP contribution in [-0.2, 0) is 11.2 Å². The van der Waals surface area contributed by atoms with Crippen molar-refractivity contribution in [2.45, 2.75) is 96.8 Å². The van der Waals surface area contributed by atoms with Crippen LogP contribution in [-0.4, -0.2) is 18.3 Å². The smallest absolute Gasteiger partial charge is 0.115 e. The monoisotopic (exact) mass is 348 g/mol. The molecule has 2 heteroatoms. The summed E-state index contributed by atoms with van der Waals surface area (Å²) < 4.78 is 5.72. The number of aromatic hydroxyl groups is 1. The number of hydrogen-bond acceptors (Lipinski definition) is 2. The normalized spacial score (nSPS) is 11.1. The Morgan fingerprint density at radius 2 is 1.12 bits per heavy atom. The fourth-order valence-electron chi connectivity index (χ4n) is 3.19. The van der Waals surface area contributed by atoms with Gasteiger partial charge in [-0.05, 0) is 37.0 Å². The molecule has 0 aliphatic heterocycles. The summed E-state index contributed by atoms with van der Waals surface area (Å²) >= 11 is 0. The standard InChI is InChI=1S/C23H40O2/c1-2-3-4-5-6-7-8-9-10-11-12-13-20-25-21-14-15-22-16-18-23(24)19-17-22/h16-19,24H,2-15,20-21H2,1H3. The summed E-state index contributed by atoms with van der Waals surface area (Å²) in [6.45, 7) is 4.04. The van der Waals surface area contributed by atoms with Gasteiger partial charge in [-0.3, -0.25) is 0 Å². The summed E-state index contributed by atoms with van der Waals surface area (Å²) in [5.74, 6) is 0.340. The number of hydrogen-bond donors (Lipinski definition) is 1. The fraction of sp³-hybridized carbons (Fsp3) is 0.739. The molecule has 0 unspecified atom stereocenters. The molecule has 0 heterocycles. The van der Waals surface area contributed by atoms with Crippen molar-refractivity contribution >= 4 is 0 Å². The minimum atomic E-state index is 0.340. The van der Waals surface area contributed by atoms with Crippen LogP contribution in [0.25, 0.3) is 0 Å². The molecular weight excluding hydrogens is 308 g/mol. The first-order valence-corrected chi connectivity index (χ1v) is 10.7. The van der Waals surface area contributed by atoms with E-state index in [0.717, 1.165) is 26.1 Å². The van der Waals surface area contributed by atoms with Crippen molar-refractivity contribution in [2.24, 2.45) is 0 Å². The second-order valence-corrected chi connectivity index (χ2v) is 7.27. The largest absolute Gasteiger partial charge is 0.508 e. The number of benzene rings is 1. The van der Waals surface area contributed by atoms with E-state index in [1.54, 1.807) is 12.1 Å². The second-order valence-electron chi connectivity index (χ2n) is 7.27. The molecule has 0 amide bonds. The third kappa shape index (κ3) is 13.9. The summed E-state index contributed by atoms with van der Waals surface area (Å²) in [6.07, 6.45) is 18.7. The van der Waals surface area contributed by atoms with Crippen molar-refractivity contribution in [2.75, 3.05) is 13.2 Å². The van der Waals surface area contributed by atoms with E-state index in [-0.39, 0.29) is 0 Å². The van der Waals surface area contributed by atoms with Crippen molar-refractivity contribution in [3.05, 3.63) is 29.8 Å². The van der Waals surface area contributed by atoms with Crippen molar-refractivity contribution in [1.82, 2.24) is 0 Å². The number of aryl methyl sites for hydroxylation is 1. The molecule has 0 aliphatic rings. The molecule has 0 saturated heterocycles. The first-order valence-electron chi connectivity index (χ1n) is 10.7. The Hall–Kier alpha value is -1.02. The maximum Gasteiger partial charge on any atom is 0.115 e. The van der Waals surface area contributed by atoms with Crippen LogP contribution in [0.5, 0.6) is 5.75 Å². The van der Waals surface area contributed by atoms with Crippen LogP contribution in [0, 0.1) is 0 Å². The highest BCUT2D eigenvalue weighted by atomic mass is 16.5. The van der Waals surface area contributed by atoms with E-state index in [4.69, 9.17) is 4.74 Å². The van der Waals surface area contributed by atoms with E-state index in [1.807, 2.05) is 12.1 Å². The van der Waals surface area contributed by atoms with Gasteiger partial charge in [0.15, 0.2) is 0 Å². The summed E-state index contributed by atoms with van der Waals surface area (Å²) in [4.78, 5) is 0. The Kier molecular flexibility index (Phi) is 14.5. The molecule has 0 fully saturated rings. The minimum Gasteiger partial charge on any atom is -0.508 e. The van der Waals surface area contributed by atoms with Crippen LogP contribution >= 0.6 is 0 Å². The van der Waals surface area contributed by atoms with E-state index in [0.29, 0.717) is 5.75 Å². The highest BCUT2D eigenvalue weighted by Gasteiger charge is 1.96. The molecule has 25 heavy (non-hydrogen) atoms. The van der Waals surface area contributed by atoms with E-state index < -0.39 is 0 Å². The summed E-state index contributed by atoms with van der Waals surface area (Å²) in [5, 5.41) is 9.24. The molecule has 1 aromatic rings. The zero-order valence-corrected chi connectivity index (χ0v) is 16.5. The zero-order valence-electron chi connectivity index (χ0n) is 16.5. The molecule has 1 aromatic carbocycles. The van der Waals surface area contributed by atoms with Gasteiger partial charge in [0.1, 0.15) is 5.75 Å². The van der Waals surface area contributed by atoms with Crippen molar-refractivity contribution in [3.8, 4) is 5.75 Å². The molecule has 0 bridgehead atoms. The van der Waals surface area contributed by atoms with Crippen LogP contribution in [0.2, 0.25) is 0 Å². The molecule has 144 valence electrons. The van der Waals surface area contributed by atoms with Gasteiger partial charge in [0.2, 0.25) is 0 Å². The Morgan fingerprint density at radius 3 is 1.68 bits per heavy atom. The number of ether oxygens (including phenoxy) is 1. The molecular formula is C23H40O2. The van der Waals surface area contributed by atoms with Gasteiger partial charge >= 0.3 is 0 Å². The van der Waals surface area contributed by atoms with Crippen LogP contribution < -0.4 is 0 Å². The Labute approximate surface area is 156 Å². The third-order valence-electron chi connectivity index (χ3n) is 4.83. The van der Waals surface area contributed by atoms with Crippen molar-refractivity contribution < 1.29 is 9.84 Å². The van der Waals surface area contributed by atoms with Gasteiger partial charge in [-0.2, -0.15) is 0 Å². The van der Waals surface area contributed by atoms with Gasteiger partial charge < -0.3 is 9.84 Å². The van der Waals surface area contributed by atoms with Crippen LogP contribution in [0.15, 0.2) is 24.3 Å². The molecule has 0 aromatic heterocycles. The Morgan fingerprint density at radius 1 is 0.640 bits per heavy atom. The van der Waals surface area contributed by atoms with Gasteiger partial charge in [-0.1, -0.05) is 89.7 Å². The van der Waals surface area contributed by atoms with Crippen LogP contribution in [0.1, 0.15) is 96.0 Å². The van der Waals surface area contributed by atoms with E-state index in [1.165, 1.54) is 82.6 Å².